The number of H-pyrrole nitrogens is 1. The number of nitrogens with one attached hydrogen (secondary N) is 3. The second kappa shape index (κ2) is 5.78. The van der Waals surface area contributed by atoms with Gasteiger partial charge in [0.25, 0.3) is 0 Å². The lowest BCUT2D eigenvalue weighted by Crippen LogP contribution is -2.51. The van der Waals surface area contributed by atoms with Gasteiger partial charge in [-0.1, -0.05) is 11.6 Å². The Kier molecular flexibility index (Phi) is 3.97. The summed E-state index contributed by atoms with van der Waals surface area (Å²) in [6.45, 7) is 5.08. The number of fused-ring (bicyclic) bond motifs is 1. The third-order valence-electron chi connectivity index (χ3n) is 3.85. The number of hydrogen-bond donors (Lipinski definition) is 3. The highest BCUT2D eigenvalue weighted by molar-refractivity contribution is 6.31. The number of halogens is 1. The molecule has 1 aromatic heterocycles. The molecule has 1 fully saturated rings. The summed E-state index contributed by atoms with van der Waals surface area (Å²) in [7, 11) is 0. The summed E-state index contributed by atoms with van der Waals surface area (Å²) in [4.78, 5) is 19.8. The molecule has 1 aromatic carbocycles. The van der Waals surface area contributed by atoms with E-state index in [2.05, 4.69) is 20.6 Å². The van der Waals surface area contributed by atoms with Gasteiger partial charge >= 0.3 is 6.03 Å². The highest BCUT2D eigenvalue weighted by Gasteiger charge is 2.31. The van der Waals surface area contributed by atoms with E-state index in [1.54, 1.807) is 6.07 Å². The van der Waals surface area contributed by atoms with Crippen molar-refractivity contribution in [2.75, 3.05) is 13.2 Å². The predicted octanol–water partition coefficient (Wildman–Crippen LogP) is 2.76. The molecule has 0 aliphatic carbocycles. The van der Waals surface area contributed by atoms with Crippen molar-refractivity contribution >= 4 is 28.7 Å². The molecule has 118 valence electrons. The molecule has 22 heavy (non-hydrogen) atoms. The zero-order chi connectivity index (χ0) is 15.7. The van der Waals surface area contributed by atoms with Crippen LogP contribution in [0, 0.1) is 0 Å². The van der Waals surface area contributed by atoms with E-state index >= 15 is 0 Å². The topological polar surface area (TPSA) is 79.0 Å². The second-order valence-corrected chi connectivity index (χ2v) is 6.40. The van der Waals surface area contributed by atoms with Crippen LogP contribution >= 0.6 is 11.6 Å². The summed E-state index contributed by atoms with van der Waals surface area (Å²) >= 11 is 5.96. The van der Waals surface area contributed by atoms with Gasteiger partial charge in [-0.15, -0.1) is 0 Å². The summed E-state index contributed by atoms with van der Waals surface area (Å²) in [6, 6.07) is 5.00. The highest BCUT2D eigenvalue weighted by Crippen LogP contribution is 2.20. The normalized spacial score (nSPS) is 22.7. The number of amides is 2. The first-order valence-corrected chi connectivity index (χ1v) is 7.65. The van der Waals surface area contributed by atoms with Gasteiger partial charge < -0.3 is 20.4 Å². The van der Waals surface area contributed by atoms with E-state index in [-0.39, 0.29) is 17.6 Å². The van der Waals surface area contributed by atoms with Gasteiger partial charge in [-0.3, -0.25) is 0 Å². The van der Waals surface area contributed by atoms with E-state index in [1.165, 1.54) is 0 Å². The molecule has 0 saturated carbocycles. The van der Waals surface area contributed by atoms with Crippen molar-refractivity contribution in [3.8, 4) is 0 Å². The smallest absolute Gasteiger partial charge is 0.315 e. The summed E-state index contributed by atoms with van der Waals surface area (Å²) in [5.41, 5.74) is 1.38. The van der Waals surface area contributed by atoms with Crippen LogP contribution in [0.1, 0.15) is 32.1 Å². The number of nitrogens with zero attached hydrogens (tertiary/aromatic N) is 1. The Morgan fingerprint density at radius 2 is 2.36 bits per heavy atom. The molecular formula is C15H19ClN4O2. The van der Waals surface area contributed by atoms with Crippen LogP contribution in [0.2, 0.25) is 5.02 Å². The number of imidazole rings is 1. The number of hydrogen-bond acceptors (Lipinski definition) is 3. The average Bonchev–Trinajstić information content (AvgIpc) is 3.04. The molecule has 7 heteroatoms. The average molecular weight is 323 g/mol. The van der Waals surface area contributed by atoms with Gasteiger partial charge in [0.05, 0.1) is 29.2 Å². The van der Waals surface area contributed by atoms with E-state index in [0.717, 1.165) is 17.5 Å². The van der Waals surface area contributed by atoms with Crippen molar-refractivity contribution in [3.05, 3.63) is 29.0 Å². The minimum atomic E-state index is -0.300. The van der Waals surface area contributed by atoms with Crippen molar-refractivity contribution in [1.29, 1.82) is 0 Å². The van der Waals surface area contributed by atoms with Crippen LogP contribution < -0.4 is 10.6 Å². The van der Waals surface area contributed by atoms with E-state index in [1.807, 2.05) is 26.0 Å². The van der Waals surface area contributed by atoms with E-state index < -0.39 is 0 Å². The van der Waals surface area contributed by atoms with E-state index in [4.69, 9.17) is 16.3 Å². The standard InChI is InChI=1S/C15H19ClN4O2/c1-9(17-14(21)20-15(2)5-6-22-8-15)13-18-11-4-3-10(16)7-12(11)19-13/h3-4,7,9H,5-6,8H2,1-2H3,(H,18,19)(H2,17,20,21)/t9-,15-/m0/s1. The Morgan fingerprint density at radius 1 is 1.55 bits per heavy atom. The first-order valence-electron chi connectivity index (χ1n) is 7.27. The molecule has 3 rings (SSSR count). The van der Waals surface area contributed by atoms with Crippen LogP contribution in [0.15, 0.2) is 18.2 Å². The molecule has 0 radical (unpaired) electrons. The second-order valence-electron chi connectivity index (χ2n) is 5.97. The predicted molar refractivity (Wildman–Crippen MR) is 85.0 cm³/mol. The molecule has 2 atom stereocenters. The van der Waals surface area contributed by atoms with Crippen LogP contribution in [-0.2, 0) is 4.74 Å². The first-order chi connectivity index (χ1) is 10.5. The molecule has 1 aliphatic rings. The van der Waals surface area contributed by atoms with Crippen LogP contribution in [0.5, 0.6) is 0 Å². The Bertz CT molecular complexity index is 694. The lowest BCUT2D eigenvalue weighted by atomic mass is 10.0. The van der Waals surface area contributed by atoms with Crippen molar-refractivity contribution in [2.24, 2.45) is 0 Å². The molecule has 1 aliphatic heterocycles. The largest absolute Gasteiger partial charge is 0.379 e. The molecular weight excluding hydrogens is 304 g/mol. The van der Waals surface area contributed by atoms with Crippen LogP contribution in [0.3, 0.4) is 0 Å². The minimum absolute atomic E-state index is 0.223. The Balaban J connectivity index is 1.67. The third kappa shape index (κ3) is 3.18. The SMILES string of the molecule is C[C@H](NC(=O)N[C@@]1(C)CCOC1)c1nc2ccc(Cl)cc2[nH]1. The van der Waals surface area contributed by atoms with Crippen molar-refractivity contribution in [2.45, 2.75) is 31.8 Å². The van der Waals surface area contributed by atoms with Crippen molar-refractivity contribution < 1.29 is 9.53 Å². The molecule has 3 N–H and O–H groups in total. The van der Waals surface area contributed by atoms with E-state index in [9.17, 15) is 4.79 Å². The van der Waals surface area contributed by atoms with Crippen molar-refractivity contribution in [3.63, 3.8) is 0 Å². The number of urea groups is 1. The molecule has 2 amide bonds. The van der Waals surface area contributed by atoms with Gasteiger partial charge in [0.15, 0.2) is 0 Å². The minimum Gasteiger partial charge on any atom is -0.379 e. The fourth-order valence-electron chi connectivity index (χ4n) is 2.55. The highest BCUT2D eigenvalue weighted by atomic mass is 35.5. The van der Waals surface area contributed by atoms with Crippen LogP contribution in [0.25, 0.3) is 11.0 Å². The monoisotopic (exact) mass is 322 g/mol. The number of ether oxygens (including phenoxy) is 1. The molecule has 2 heterocycles. The van der Waals surface area contributed by atoms with Crippen LogP contribution in [0.4, 0.5) is 4.79 Å². The lowest BCUT2D eigenvalue weighted by Gasteiger charge is -2.24. The first kappa shape index (κ1) is 15.1. The number of aromatic amines is 1. The number of aromatic nitrogens is 2. The molecule has 0 unspecified atom stereocenters. The fourth-order valence-corrected chi connectivity index (χ4v) is 2.72. The maximum atomic E-state index is 12.1. The van der Waals surface area contributed by atoms with Gasteiger partial charge in [0, 0.05) is 11.6 Å². The summed E-state index contributed by atoms with van der Waals surface area (Å²) in [5.74, 6) is 0.695. The fraction of sp³-hybridized carbons (Fsp3) is 0.467. The van der Waals surface area contributed by atoms with Crippen LogP contribution in [-0.4, -0.2) is 34.8 Å². The van der Waals surface area contributed by atoms with Gasteiger partial charge in [-0.2, -0.15) is 0 Å². The van der Waals surface area contributed by atoms with Gasteiger partial charge in [0.2, 0.25) is 0 Å². The summed E-state index contributed by atoms with van der Waals surface area (Å²) in [6.07, 6.45) is 0.817. The zero-order valence-corrected chi connectivity index (χ0v) is 13.3. The Labute approximate surface area is 133 Å². The number of rotatable bonds is 3. The molecule has 0 bridgehead atoms. The lowest BCUT2D eigenvalue weighted by molar-refractivity contribution is 0.170. The summed E-state index contributed by atoms with van der Waals surface area (Å²) in [5, 5.41) is 6.50. The Hall–Kier alpha value is -1.79. The number of benzene rings is 1. The van der Waals surface area contributed by atoms with Gasteiger partial charge in [0.1, 0.15) is 5.82 Å². The number of carbonyl (C=O) groups excluding carboxylic acids is 1. The van der Waals surface area contributed by atoms with Gasteiger partial charge in [-0.25, -0.2) is 9.78 Å². The Morgan fingerprint density at radius 3 is 3.09 bits per heavy atom. The summed E-state index contributed by atoms with van der Waals surface area (Å²) < 4.78 is 5.33. The molecule has 2 aromatic rings. The molecule has 1 saturated heterocycles. The quantitative estimate of drug-likeness (QED) is 0.813. The third-order valence-corrected chi connectivity index (χ3v) is 4.09. The van der Waals surface area contributed by atoms with Crippen molar-refractivity contribution in [1.82, 2.24) is 20.6 Å². The number of carbonyl (C=O) groups is 1. The maximum absolute atomic E-state index is 12.1. The van der Waals surface area contributed by atoms with E-state index in [0.29, 0.717) is 24.1 Å². The van der Waals surface area contributed by atoms with Gasteiger partial charge in [-0.05, 0) is 38.5 Å². The molecule has 6 nitrogen and oxygen atoms in total. The molecule has 0 spiro atoms. The zero-order valence-electron chi connectivity index (χ0n) is 12.6. The maximum Gasteiger partial charge on any atom is 0.315 e.